The summed E-state index contributed by atoms with van der Waals surface area (Å²) in [5, 5.41) is 3.65. The van der Waals surface area contributed by atoms with Gasteiger partial charge >= 0.3 is 0 Å². The second kappa shape index (κ2) is 7.50. The van der Waals surface area contributed by atoms with E-state index in [0.717, 1.165) is 49.0 Å². The molecule has 0 unspecified atom stereocenters. The Morgan fingerprint density at radius 1 is 1.25 bits per heavy atom. The molecule has 0 radical (unpaired) electrons. The summed E-state index contributed by atoms with van der Waals surface area (Å²) in [6, 6.07) is 1.03. The van der Waals surface area contributed by atoms with Gasteiger partial charge in [-0.1, -0.05) is 0 Å². The Kier molecular flexibility index (Phi) is 5.05. The zero-order valence-electron chi connectivity index (χ0n) is 17.1. The average Bonchev–Trinajstić information content (AvgIpc) is 3.22. The van der Waals surface area contributed by atoms with Gasteiger partial charge in [-0.15, -0.1) is 0 Å². The average molecular weight is 384 g/mol. The van der Waals surface area contributed by atoms with Gasteiger partial charge in [0.25, 0.3) is 5.91 Å². The maximum atomic E-state index is 12.3. The molecule has 1 saturated heterocycles. The summed E-state index contributed by atoms with van der Waals surface area (Å²) >= 11 is 0. The summed E-state index contributed by atoms with van der Waals surface area (Å²) in [7, 11) is 3.45. The zero-order valence-corrected chi connectivity index (χ0v) is 17.1. The summed E-state index contributed by atoms with van der Waals surface area (Å²) < 4.78 is 2.30. The van der Waals surface area contributed by atoms with Crippen LogP contribution >= 0.6 is 0 Å². The van der Waals surface area contributed by atoms with Crippen molar-refractivity contribution in [2.24, 2.45) is 0 Å². The maximum absolute atomic E-state index is 12.3. The third kappa shape index (κ3) is 3.73. The fourth-order valence-corrected chi connectivity index (χ4v) is 3.74. The molecular weight excluding hydrogens is 354 g/mol. The Hall–Kier alpha value is -2.48. The quantitative estimate of drug-likeness (QED) is 0.818. The van der Waals surface area contributed by atoms with Gasteiger partial charge in [-0.2, -0.15) is 0 Å². The van der Waals surface area contributed by atoms with Crippen molar-refractivity contribution in [3.63, 3.8) is 0 Å². The highest BCUT2D eigenvalue weighted by atomic mass is 16.2. The van der Waals surface area contributed by atoms with Gasteiger partial charge in [-0.05, 0) is 33.1 Å². The minimum atomic E-state index is -0.162. The van der Waals surface area contributed by atoms with Gasteiger partial charge in [-0.25, -0.2) is 15.0 Å². The van der Waals surface area contributed by atoms with Crippen molar-refractivity contribution in [2.75, 3.05) is 32.1 Å². The van der Waals surface area contributed by atoms with E-state index >= 15 is 0 Å². The number of aromatic nitrogens is 4. The molecule has 3 heterocycles. The van der Waals surface area contributed by atoms with Crippen LogP contribution in [0, 0.1) is 13.8 Å². The molecule has 1 saturated carbocycles. The van der Waals surface area contributed by atoms with Crippen molar-refractivity contribution in [1.29, 1.82) is 0 Å². The number of hydrogen-bond donors (Lipinski definition) is 1. The van der Waals surface area contributed by atoms with E-state index < -0.39 is 0 Å². The minimum absolute atomic E-state index is 0.162. The summed E-state index contributed by atoms with van der Waals surface area (Å²) in [6.07, 6.45) is 7.56. The van der Waals surface area contributed by atoms with Crippen LogP contribution in [0.2, 0.25) is 0 Å². The Balaban J connectivity index is 1.43. The lowest BCUT2D eigenvalue weighted by Crippen LogP contribution is -2.34. The standard InChI is InChI=1S/C20H29N7O/c1-13-14(2)23-18(20(28)25(3)4)24-19(13)26-9-7-15(12-26)22-11-17-21-8-10-27(17)16-5-6-16/h8,10,15-16,22H,5-7,9,11-12H2,1-4H3/t15-/m1/s1. The van der Waals surface area contributed by atoms with E-state index in [-0.39, 0.29) is 11.7 Å². The van der Waals surface area contributed by atoms with Crippen molar-refractivity contribution >= 4 is 11.7 Å². The van der Waals surface area contributed by atoms with Crippen LogP contribution in [0.1, 0.15) is 53.0 Å². The van der Waals surface area contributed by atoms with Crippen LogP contribution in [-0.2, 0) is 6.54 Å². The fraction of sp³-hybridized carbons (Fsp3) is 0.600. The lowest BCUT2D eigenvalue weighted by molar-refractivity contribution is 0.0815. The van der Waals surface area contributed by atoms with Crippen LogP contribution in [0.5, 0.6) is 0 Å². The van der Waals surface area contributed by atoms with Gasteiger partial charge in [-0.3, -0.25) is 4.79 Å². The summed E-state index contributed by atoms with van der Waals surface area (Å²) in [6.45, 7) is 6.55. The number of carbonyl (C=O) groups excluding carboxylic acids is 1. The molecule has 0 bridgehead atoms. The number of rotatable bonds is 6. The van der Waals surface area contributed by atoms with Crippen LogP contribution < -0.4 is 10.2 Å². The molecule has 1 aliphatic heterocycles. The molecule has 1 aliphatic carbocycles. The normalized spacial score (nSPS) is 19.3. The van der Waals surface area contributed by atoms with E-state index in [1.54, 1.807) is 14.1 Å². The number of aryl methyl sites for hydroxylation is 1. The van der Waals surface area contributed by atoms with E-state index in [1.807, 2.05) is 20.0 Å². The van der Waals surface area contributed by atoms with Gasteiger partial charge in [0, 0.05) is 62.9 Å². The molecule has 2 fully saturated rings. The molecule has 4 rings (SSSR count). The topological polar surface area (TPSA) is 79.2 Å². The maximum Gasteiger partial charge on any atom is 0.291 e. The first kappa shape index (κ1) is 18.9. The highest BCUT2D eigenvalue weighted by Gasteiger charge is 2.28. The van der Waals surface area contributed by atoms with Crippen molar-refractivity contribution < 1.29 is 4.79 Å². The Morgan fingerprint density at radius 2 is 2.04 bits per heavy atom. The number of carbonyl (C=O) groups is 1. The van der Waals surface area contributed by atoms with Crippen LogP contribution in [0.3, 0.4) is 0 Å². The minimum Gasteiger partial charge on any atom is -0.355 e. The molecule has 0 aromatic carbocycles. The first-order valence-electron chi connectivity index (χ1n) is 10.0. The van der Waals surface area contributed by atoms with Gasteiger partial charge in [0.15, 0.2) is 0 Å². The highest BCUT2D eigenvalue weighted by molar-refractivity contribution is 5.90. The third-order valence-electron chi connectivity index (χ3n) is 5.69. The first-order chi connectivity index (χ1) is 13.4. The van der Waals surface area contributed by atoms with E-state index in [0.29, 0.717) is 12.1 Å². The fourth-order valence-electron chi connectivity index (χ4n) is 3.74. The highest BCUT2D eigenvalue weighted by Crippen LogP contribution is 2.35. The largest absolute Gasteiger partial charge is 0.355 e. The van der Waals surface area contributed by atoms with Gasteiger partial charge < -0.3 is 19.7 Å². The lowest BCUT2D eigenvalue weighted by Gasteiger charge is -2.22. The van der Waals surface area contributed by atoms with Crippen molar-refractivity contribution in [3.05, 3.63) is 35.3 Å². The van der Waals surface area contributed by atoms with Gasteiger partial charge in [0.1, 0.15) is 11.6 Å². The number of nitrogens with zero attached hydrogens (tertiary/aromatic N) is 6. The van der Waals surface area contributed by atoms with E-state index in [2.05, 4.69) is 35.9 Å². The first-order valence-corrected chi connectivity index (χ1v) is 10.0. The van der Waals surface area contributed by atoms with Crippen molar-refractivity contribution in [3.8, 4) is 0 Å². The molecule has 8 nitrogen and oxygen atoms in total. The van der Waals surface area contributed by atoms with Crippen LogP contribution in [-0.4, -0.2) is 63.6 Å². The second-order valence-corrected chi connectivity index (χ2v) is 8.08. The van der Waals surface area contributed by atoms with Gasteiger partial charge in [0.2, 0.25) is 5.82 Å². The molecule has 28 heavy (non-hydrogen) atoms. The summed E-state index contributed by atoms with van der Waals surface area (Å²) in [5.74, 6) is 2.10. The van der Waals surface area contributed by atoms with Gasteiger partial charge in [0.05, 0.1) is 6.54 Å². The predicted molar refractivity (Wildman–Crippen MR) is 107 cm³/mol. The Bertz CT molecular complexity index is 871. The SMILES string of the molecule is Cc1nc(C(=O)N(C)C)nc(N2CC[C@@H](NCc3nccn3C3CC3)C2)c1C. The number of nitrogens with one attached hydrogen (secondary N) is 1. The third-order valence-corrected chi connectivity index (χ3v) is 5.69. The van der Waals surface area contributed by atoms with Crippen LogP contribution in [0.25, 0.3) is 0 Å². The molecule has 0 spiro atoms. The number of anilines is 1. The van der Waals surface area contributed by atoms with Crippen LogP contribution in [0.4, 0.5) is 5.82 Å². The molecule has 2 aliphatic rings. The monoisotopic (exact) mass is 383 g/mol. The van der Waals surface area contributed by atoms with Crippen molar-refractivity contribution in [1.82, 2.24) is 29.7 Å². The lowest BCUT2D eigenvalue weighted by atomic mass is 10.2. The predicted octanol–water partition coefficient (Wildman–Crippen LogP) is 1.70. The summed E-state index contributed by atoms with van der Waals surface area (Å²) in [5.41, 5.74) is 1.90. The Labute approximate surface area is 166 Å². The van der Waals surface area contributed by atoms with Crippen molar-refractivity contribution in [2.45, 2.75) is 51.7 Å². The molecule has 1 N–H and O–H groups in total. The molecule has 2 aromatic heterocycles. The van der Waals surface area contributed by atoms with E-state index in [1.165, 1.54) is 17.7 Å². The molecule has 1 atom stereocenters. The number of hydrogen-bond acceptors (Lipinski definition) is 6. The molecule has 8 heteroatoms. The zero-order chi connectivity index (χ0) is 19.8. The molecule has 1 amide bonds. The smallest absolute Gasteiger partial charge is 0.291 e. The number of amides is 1. The molecule has 150 valence electrons. The molecular formula is C20H29N7O. The van der Waals surface area contributed by atoms with Crippen LogP contribution in [0.15, 0.2) is 12.4 Å². The van der Waals surface area contributed by atoms with E-state index in [4.69, 9.17) is 0 Å². The molecule has 2 aromatic rings. The van der Waals surface area contributed by atoms with E-state index in [9.17, 15) is 4.79 Å². The number of imidazole rings is 1. The second-order valence-electron chi connectivity index (χ2n) is 8.08. The Morgan fingerprint density at radius 3 is 2.75 bits per heavy atom. The summed E-state index contributed by atoms with van der Waals surface area (Å²) in [4.78, 5) is 29.6.